The molecule has 5 nitrogen and oxygen atoms in total. The summed E-state index contributed by atoms with van der Waals surface area (Å²) in [5.74, 6) is -0.376. The number of amidine groups is 1. The number of benzene rings is 2. The Balaban J connectivity index is 2.10. The number of carbonyl (C=O) groups is 1. The standard InChI is InChI=1S/C15H13N3O2/c1-20-15(19)12-9-7-11(8-10-12)14(16)18-17-13-5-3-2-4-6-13/h2-10,16H,1H3. The number of hydrogen-bond donors (Lipinski definition) is 1. The van der Waals surface area contributed by atoms with Crippen LogP contribution in [0.1, 0.15) is 15.9 Å². The van der Waals surface area contributed by atoms with Gasteiger partial charge in [0, 0.05) is 5.56 Å². The fourth-order valence-corrected chi connectivity index (χ4v) is 1.54. The molecule has 0 aliphatic heterocycles. The molecule has 0 saturated heterocycles. The van der Waals surface area contributed by atoms with Crippen LogP contribution in [-0.2, 0) is 4.74 Å². The van der Waals surface area contributed by atoms with E-state index in [-0.39, 0.29) is 5.84 Å². The van der Waals surface area contributed by atoms with E-state index in [1.807, 2.05) is 18.2 Å². The Labute approximate surface area is 116 Å². The second-order valence-corrected chi connectivity index (χ2v) is 3.95. The highest BCUT2D eigenvalue weighted by atomic mass is 16.5. The van der Waals surface area contributed by atoms with Crippen molar-refractivity contribution in [3.05, 3.63) is 65.7 Å². The number of rotatable bonds is 3. The van der Waals surface area contributed by atoms with Crippen LogP contribution in [0.5, 0.6) is 0 Å². The van der Waals surface area contributed by atoms with Crippen molar-refractivity contribution in [2.75, 3.05) is 7.11 Å². The third-order valence-electron chi connectivity index (χ3n) is 2.60. The third-order valence-corrected chi connectivity index (χ3v) is 2.60. The normalized spacial score (nSPS) is 10.4. The van der Waals surface area contributed by atoms with Gasteiger partial charge in [-0.3, -0.25) is 5.41 Å². The van der Waals surface area contributed by atoms with Crippen LogP contribution < -0.4 is 0 Å². The Morgan fingerprint density at radius 3 is 2.20 bits per heavy atom. The van der Waals surface area contributed by atoms with Gasteiger partial charge in [0.1, 0.15) is 0 Å². The first-order chi connectivity index (χ1) is 9.70. The molecule has 0 atom stereocenters. The fourth-order valence-electron chi connectivity index (χ4n) is 1.54. The van der Waals surface area contributed by atoms with Crippen molar-refractivity contribution in [3.8, 4) is 0 Å². The Morgan fingerprint density at radius 1 is 1.00 bits per heavy atom. The molecule has 0 heterocycles. The molecule has 0 amide bonds. The summed E-state index contributed by atoms with van der Waals surface area (Å²) in [6, 6.07) is 15.6. The number of methoxy groups -OCH3 is 1. The van der Waals surface area contributed by atoms with Crippen LogP contribution in [0, 0.1) is 5.41 Å². The van der Waals surface area contributed by atoms with E-state index in [1.54, 1.807) is 36.4 Å². The molecule has 0 saturated carbocycles. The van der Waals surface area contributed by atoms with Crippen molar-refractivity contribution in [1.29, 1.82) is 5.41 Å². The van der Waals surface area contributed by atoms with Crippen molar-refractivity contribution in [3.63, 3.8) is 0 Å². The molecule has 0 aliphatic carbocycles. The number of nitrogens with zero attached hydrogens (tertiary/aromatic N) is 2. The smallest absolute Gasteiger partial charge is 0.337 e. The van der Waals surface area contributed by atoms with Gasteiger partial charge < -0.3 is 4.74 Å². The Hall–Kier alpha value is -2.82. The van der Waals surface area contributed by atoms with E-state index in [4.69, 9.17) is 5.41 Å². The summed E-state index contributed by atoms with van der Waals surface area (Å²) in [6.07, 6.45) is 0. The van der Waals surface area contributed by atoms with Crippen LogP contribution in [0.2, 0.25) is 0 Å². The average Bonchev–Trinajstić information content (AvgIpc) is 2.53. The van der Waals surface area contributed by atoms with E-state index in [0.29, 0.717) is 16.8 Å². The van der Waals surface area contributed by atoms with E-state index in [2.05, 4.69) is 15.0 Å². The van der Waals surface area contributed by atoms with Gasteiger partial charge in [0.15, 0.2) is 5.84 Å². The van der Waals surface area contributed by atoms with Gasteiger partial charge in [-0.25, -0.2) is 4.79 Å². The number of esters is 1. The van der Waals surface area contributed by atoms with Gasteiger partial charge in [0.05, 0.1) is 18.4 Å². The summed E-state index contributed by atoms with van der Waals surface area (Å²) in [5.41, 5.74) is 1.70. The molecular weight excluding hydrogens is 254 g/mol. The number of azo groups is 1. The molecule has 0 fully saturated rings. The van der Waals surface area contributed by atoms with E-state index in [0.717, 1.165) is 0 Å². The van der Waals surface area contributed by atoms with Gasteiger partial charge >= 0.3 is 5.97 Å². The zero-order valence-corrected chi connectivity index (χ0v) is 10.9. The van der Waals surface area contributed by atoms with E-state index < -0.39 is 5.97 Å². The maximum absolute atomic E-state index is 11.3. The number of nitrogens with one attached hydrogen (secondary N) is 1. The minimum atomic E-state index is -0.408. The molecule has 0 aliphatic rings. The summed E-state index contributed by atoms with van der Waals surface area (Å²) >= 11 is 0. The molecule has 0 aromatic heterocycles. The second-order valence-electron chi connectivity index (χ2n) is 3.95. The van der Waals surface area contributed by atoms with Crippen molar-refractivity contribution < 1.29 is 9.53 Å². The largest absolute Gasteiger partial charge is 0.465 e. The first-order valence-corrected chi connectivity index (χ1v) is 5.95. The van der Waals surface area contributed by atoms with Crippen LogP contribution in [0.25, 0.3) is 0 Å². The first kappa shape index (κ1) is 13.6. The lowest BCUT2D eigenvalue weighted by Gasteiger charge is -2.00. The van der Waals surface area contributed by atoms with E-state index >= 15 is 0 Å². The average molecular weight is 267 g/mol. The second kappa shape index (κ2) is 6.38. The van der Waals surface area contributed by atoms with Crippen LogP contribution >= 0.6 is 0 Å². The molecule has 100 valence electrons. The number of hydrogen-bond acceptors (Lipinski definition) is 4. The van der Waals surface area contributed by atoms with Gasteiger partial charge in [-0.05, 0) is 24.3 Å². The predicted octanol–water partition coefficient (Wildman–Crippen LogP) is 3.58. The Bertz CT molecular complexity index is 634. The molecule has 20 heavy (non-hydrogen) atoms. The minimum absolute atomic E-state index is 0.0327. The molecule has 5 heteroatoms. The highest BCUT2D eigenvalue weighted by Crippen LogP contribution is 2.12. The number of ether oxygens (including phenoxy) is 1. The van der Waals surface area contributed by atoms with Gasteiger partial charge in [0.25, 0.3) is 0 Å². The minimum Gasteiger partial charge on any atom is -0.465 e. The van der Waals surface area contributed by atoms with Crippen LogP contribution in [0.15, 0.2) is 64.8 Å². The highest BCUT2D eigenvalue weighted by Gasteiger charge is 2.06. The molecule has 0 bridgehead atoms. The SMILES string of the molecule is COC(=O)c1ccc(C(=N)N=Nc2ccccc2)cc1. The lowest BCUT2D eigenvalue weighted by atomic mass is 10.1. The third kappa shape index (κ3) is 3.35. The molecule has 0 spiro atoms. The highest BCUT2D eigenvalue weighted by molar-refractivity contribution is 5.98. The van der Waals surface area contributed by atoms with Crippen LogP contribution in [-0.4, -0.2) is 18.9 Å². The molecular formula is C15H13N3O2. The zero-order chi connectivity index (χ0) is 14.4. The summed E-state index contributed by atoms with van der Waals surface area (Å²) in [7, 11) is 1.33. The van der Waals surface area contributed by atoms with Crippen molar-refractivity contribution >= 4 is 17.5 Å². The molecule has 1 N–H and O–H groups in total. The number of carbonyl (C=O) groups excluding carboxylic acids is 1. The molecule has 2 rings (SSSR count). The Kier molecular flexibility index (Phi) is 4.34. The van der Waals surface area contributed by atoms with Gasteiger partial charge in [0.2, 0.25) is 0 Å². The summed E-state index contributed by atoms with van der Waals surface area (Å²) in [6.45, 7) is 0. The van der Waals surface area contributed by atoms with Crippen molar-refractivity contribution in [1.82, 2.24) is 0 Å². The maximum atomic E-state index is 11.3. The van der Waals surface area contributed by atoms with E-state index in [1.165, 1.54) is 7.11 Å². The molecule has 0 radical (unpaired) electrons. The quantitative estimate of drug-likeness (QED) is 0.399. The summed E-state index contributed by atoms with van der Waals surface area (Å²) in [4.78, 5) is 11.3. The van der Waals surface area contributed by atoms with E-state index in [9.17, 15) is 4.79 Å². The lowest BCUT2D eigenvalue weighted by Crippen LogP contribution is -2.02. The van der Waals surface area contributed by atoms with Crippen molar-refractivity contribution in [2.24, 2.45) is 10.2 Å². The first-order valence-electron chi connectivity index (χ1n) is 5.95. The van der Waals surface area contributed by atoms with Gasteiger partial charge in [-0.1, -0.05) is 30.3 Å². The summed E-state index contributed by atoms with van der Waals surface area (Å²) in [5, 5.41) is 15.6. The Morgan fingerprint density at radius 2 is 1.60 bits per heavy atom. The monoisotopic (exact) mass is 267 g/mol. The van der Waals surface area contributed by atoms with Crippen molar-refractivity contribution in [2.45, 2.75) is 0 Å². The van der Waals surface area contributed by atoms with Gasteiger partial charge in [-0.15, -0.1) is 10.2 Å². The topological polar surface area (TPSA) is 74.9 Å². The van der Waals surface area contributed by atoms with Crippen LogP contribution in [0.3, 0.4) is 0 Å². The molecule has 2 aromatic rings. The zero-order valence-electron chi connectivity index (χ0n) is 10.9. The lowest BCUT2D eigenvalue weighted by molar-refractivity contribution is 0.0600. The summed E-state index contributed by atoms with van der Waals surface area (Å²) < 4.78 is 4.61. The molecule has 0 unspecified atom stereocenters. The van der Waals surface area contributed by atoms with Gasteiger partial charge in [-0.2, -0.15) is 0 Å². The molecule has 2 aromatic carbocycles. The maximum Gasteiger partial charge on any atom is 0.337 e. The van der Waals surface area contributed by atoms with Crippen LogP contribution in [0.4, 0.5) is 5.69 Å². The predicted molar refractivity (Wildman–Crippen MR) is 75.6 cm³/mol. The fraction of sp³-hybridized carbons (Fsp3) is 0.0667.